The van der Waals surface area contributed by atoms with E-state index in [9.17, 15) is 14.7 Å². The van der Waals surface area contributed by atoms with Crippen molar-refractivity contribution in [2.45, 2.75) is 49.9 Å². The van der Waals surface area contributed by atoms with Gasteiger partial charge in [-0.25, -0.2) is 4.79 Å². The van der Waals surface area contributed by atoms with E-state index in [1.54, 1.807) is 17.0 Å². The molecule has 3 rings (SSSR count). The minimum atomic E-state index is -0.875. The summed E-state index contributed by atoms with van der Waals surface area (Å²) in [5.74, 6) is 0.395. The van der Waals surface area contributed by atoms with Gasteiger partial charge in [0.1, 0.15) is 6.04 Å². The summed E-state index contributed by atoms with van der Waals surface area (Å²) in [6.07, 6.45) is 4.79. The van der Waals surface area contributed by atoms with Crippen molar-refractivity contribution in [2.75, 3.05) is 5.75 Å². The van der Waals surface area contributed by atoms with Gasteiger partial charge < -0.3 is 10.0 Å². The Hall–Kier alpha value is -2.00. The maximum Gasteiger partial charge on any atom is 0.326 e. The number of carbonyl (C=O) groups excluding carboxylic acids is 1. The number of aliphatic carboxylic acids is 1. The van der Waals surface area contributed by atoms with Crippen molar-refractivity contribution >= 4 is 23.6 Å². The van der Waals surface area contributed by atoms with Crippen LogP contribution in [0.1, 0.15) is 43.2 Å². The van der Waals surface area contributed by atoms with Crippen molar-refractivity contribution in [3.63, 3.8) is 0 Å². The molecule has 0 spiro atoms. The molecule has 0 bridgehead atoms. The highest BCUT2D eigenvalue weighted by Gasteiger charge is 2.47. The number of hydrogen-bond donors (Lipinski definition) is 1. The van der Waals surface area contributed by atoms with E-state index in [-0.39, 0.29) is 11.9 Å². The topological polar surface area (TPSA) is 81.4 Å². The lowest BCUT2D eigenvalue weighted by Crippen LogP contribution is -2.47. The average Bonchev–Trinajstić information content (AvgIpc) is 3.02. The minimum absolute atomic E-state index is 0.0551. The molecule has 3 atom stereocenters. The molecule has 1 saturated carbocycles. The molecule has 1 aliphatic carbocycles. The van der Waals surface area contributed by atoms with Crippen LogP contribution in [0.4, 0.5) is 0 Å². The summed E-state index contributed by atoms with van der Waals surface area (Å²) in [6, 6.07) is 8.86. The van der Waals surface area contributed by atoms with Crippen molar-refractivity contribution in [3.8, 4) is 6.07 Å². The molecule has 1 aromatic rings. The minimum Gasteiger partial charge on any atom is -0.480 e. The lowest BCUT2D eigenvalue weighted by atomic mass is 9.85. The van der Waals surface area contributed by atoms with Gasteiger partial charge in [-0.2, -0.15) is 5.26 Å². The molecule has 5 nitrogen and oxygen atoms in total. The fourth-order valence-corrected chi connectivity index (χ4v) is 4.90. The highest BCUT2D eigenvalue weighted by molar-refractivity contribution is 7.99. The number of amides is 1. The molecule has 1 aliphatic heterocycles. The molecule has 2 aliphatic rings. The van der Waals surface area contributed by atoms with Crippen LogP contribution < -0.4 is 0 Å². The van der Waals surface area contributed by atoms with Crippen LogP contribution in [0.3, 0.4) is 0 Å². The van der Waals surface area contributed by atoms with Gasteiger partial charge in [-0.1, -0.05) is 25.0 Å². The Morgan fingerprint density at radius 2 is 1.96 bits per heavy atom. The third-order valence-corrected chi connectivity index (χ3v) is 6.23. The smallest absolute Gasteiger partial charge is 0.326 e. The van der Waals surface area contributed by atoms with E-state index >= 15 is 0 Å². The maximum absolute atomic E-state index is 12.7. The van der Waals surface area contributed by atoms with Crippen LogP contribution >= 0.6 is 11.8 Å². The van der Waals surface area contributed by atoms with E-state index in [0.29, 0.717) is 29.4 Å². The lowest BCUT2D eigenvalue weighted by molar-refractivity contribution is -0.148. The van der Waals surface area contributed by atoms with Crippen LogP contribution in [0.15, 0.2) is 24.3 Å². The van der Waals surface area contributed by atoms with Crippen LogP contribution in [-0.4, -0.2) is 39.7 Å². The molecule has 3 unspecified atom stereocenters. The van der Waals surface area contributed by atoms with Crippen molar-refractivity contribution in [2.24, 2.45) is 5.92 Å². The summed E-state index contributed by atoms with van der Waals surface area (Å²) in [7, 11) is 0. The fourth-order valence-electron chi connectivity index (χ4n) is 4.05. The number of fused-ring (bicyclic) bond motifs is 1. The van der Waals surface area contributed by atoms with Gasteiger partial charge in [0.25, 0.3) is 0 Å². The number of benzene rings is 1. The summed E-state index contributed by atoms with van der Waals surface area (Å²) in [4.78, 5) is 26.0. The van der Waals surface area contributed by atoms with Crippen molar-refractivity contribution < 1.29 is 14.7 Å². The Balaban J connectivity index is 1.58. The van der Waals surface area contributed by atoms with Gasteiger partial charge in [0.15, 0.2) is 0 Å². The summed E-state index contributed by atoms with van der Waals surface area (Å²) < 4.78 is 0. The molecular weight excluding hydrogens is 336 g/mol. The van der Waals surface area contributed by atoms with Gasteiger partial charge in [-0.3, -0.25) is 4.79 Å². The summed E-state index contributed by atoms with van der Waals surface area (Å²) in [6.45, 7) is 0. The quantitative estimate of drug-likeness (QED) is 0.875. The number of hydrogen-bond acceptors (Lipinski definition) is 4. The molecule has 6 heteroatoms. The second kappa shape index (κ2) is 7.92. The third kappa shape index (κ3) is 3.98. The van der Waals surface area contributed by atoms with E-state index in [0.717, 1.165) is 31.2 Å². The Labute approximate surface area is 152 Å². The fraction of sp³-hybridized carbons (Fsp3) is 0.526. The highest BCUT2D eigenvalue weighted by atomic mass is 32.2. The van der Waals surface area contributed by atoms with Crippen LogP contribution in [0.5, 0.6) is 0 Å². The standard InChI is InChI=1S/C19H22N2O3S/c20-10-13-5-7-14(8-6-13)11-25-12-18(22)21-16-4-2-1-3-15(16)9-17(21)19(23)24/h5-8,15-17H,1-4,9,11-12H2,(H,23,24). The molecule has 1 aromatic carbocycles. The number of likely N-dealkylation sites (tertiary alicyclic amines) is 1. The molecule has 1 saturated heterocycles. The first-order valence-corrected chi connectivity index (χ1v) is 9.86. The highest BCUT2D eigenvalue weighted by Crippen LogP contribution is 2.40. The van der Waals surface area contributed by atoms with Gasteiger partial charge >= 0.3 is 5.97 Å². The van der Waals surface area contributed by atoms with Gasteiger partial charge in [0, 0.05) is 11.8 Å². The maximum atomic E-state index is 12.7. The van der Waals surface area contributed by atoms with E-state index in [4.69, 9.17) is 5.26 Å². The average molecular weight is 358 g/mol. The number of nitrogens with zero attached hydrogens (tertiary/aromatic N) is 2. The molecule has 2 fully saturated rings. The van der Waals surface area contributed by atoms with E-state index in [2.05, 4.69) is 6.07 Å². The van der Waals surface area contributed by atoms with E-state index in [1.807, 2.05) is 12.1 Å². The summed E-state index contributed by atoms with van der Waals surface area (Å²) >= 11 is 1.50. The van der Waals surface area contributed by atoms with Crippen LogP contribution in [0.25, 0.3) is 0 Å². The van der Waals surface area contributed by atoms with Crippen LogP contribution in [0.2, 0.25) is 0 Å². The predicted octanol–water partition coefficient (Wildman–Crippen LogP) is 3.04. The van der Waals surface area contributed by atoms with Crippen LogP contribution in [0, 0.1) is 17.2 Å². The van der Waals surface area contributed by atoms with E-state index in [1.165, 1.54) is 11.8 Å². The Kier molecular flexibility index (Phi) is 5.64. The van der Waals surface area contributed by atoms with Crippen molar-refractivity contribution in [1.82, 2.24) is 4.90 Å². The van der Waals surface area contributed by atoms with Gasteiger partial charge in [-0.05, 0) is 42.9 Å². The molecule has 1 heterocycles. The van der Waals surface area contributed by atoms with Crippen molar-refractivity contribution in [3.05, 3.63) is 35.4 Å². The zero-order valence-corrected chi connectivity index (χ0v) is 14.9. The summed E-state index contributed by atoms with van der Waals surface area (Å²) in [5.41, 5.74) is 1.68. The molecule has 0 aromatic heterocycles. The van der Waals surface area contributed by atoms with Gasteiger partial charge in [0.05, 0.1) is 17.4 Å². The molecule has 1 amide bonds. The second-order valence-electron chi connectivity index (χ2n) is 6.80. The Morgan fingerprint density at radius 1 is 1.24 bits per heavy atom. The molecular formula is C19H22N2O3S. The van der Waals surface area contributed by atoms with Crippen molar-refractivity contribution in [1.29, 1.82) is 5.26 Å². The van der Waals surface area contributed by atoms with Gasteiger partial charge in [-0.15, -0.1) is 11.8 Å². The summed E-state index contributed by atoms with van der Waals surface area (Å²) in [5, 5.41) is 18.3. The number of rotatable bonds is 5. The zero-order chi connectivity index (χ0) is 17.8. The van der Waals surface area contributed by atoms with E-state index < -0.39 is 12.0 Å². The first kappa shape index (κ1) is 17.8. The molecule has 132 valence electrons. The lowest BCUT2D eigenvalue weighted by Gasteiger charge is -2.33. The number of carboxylic acids is 1. The predicted molar refractivity (Wildman–Crippen MR) is 96.0 cm³/mol. The monoisotopic (exact) mass is 358 g/mol. The normalized spacial score (nSPS) is 25.2. The SMILES string of the molecule is N#Cc1ccc(CSCC(=O)N2C(C(=O)O)CC3CCCCC32)cc1. The first-order chi connectivity index (χ1) is 12.1. The zero-order valence-electron chi connectivity index (χ0n) is 14.1. The van der Waals surface area contributed by atoms with Crippen LogP contribution in [-0.2, 0) is 15.3 Å². The molecule has 1 N–H and O–H groups in total. The Morgan fingerprint density at radius 3 is 2.64 bits per heavy atom. The third-order valence-electron chi connectivity index (χ3n) is 5.24. The Bertz CT molecular complexity index is 683. The second-order valence-corrected chi connectivity index (χ2v) is 7.79. The molecule has 25 heavy (non-hydrogen) atoms. The number of carboxylic acid groups (broad SMARTS) is 1. The van der Waals surface area contributed by atoms with Gasteiger partial charge in [0.2, 0.25) is 5.91 Å². The molecule has 0 radical (unpaired) electrons. The number of nitriles is 1. The first-order valence-electron chi connectivity index (χ1n) is 8.71. The number of thioether (sulfide) groups is 1. The largest absolute Gasteiger partial charge is 0.480 e. The number of carbonyl (C=O) groups is 2.